The Hall–Kier alpha value is -1.95. The minimum absolute atomic E-state index is 0.00672. The van der Waals surface area contributed by atoms with Crippen LogP contribution in [-0.2, 0) is 19.3 Å². The largest absolute Gasteiger partial charge is 0.475 e. The maximum atomic E-state index is 13.2. The van der Waals surface area contributed by atoms with E-state index in [9.17, 15) is 91.0 Å². The second kappa shape index (κ2) is 17.9. The zero-order valence-electron chi connectivity index (χ0n) is 24.8. The van der Waals surface area contributed by atoms with Crippen LogP contribution >= 0.6 is 74.4 Å². The number of nitrogens with zero attached hydrogens (tertiary/aromatic N) is 1. The summed E-state index contributed by atoms with van der Waals surface area (Å²) in [4.78, 5) is -23.3. The van der Waals surface area contributed by atoms with Gasteiger partial charge in [-0.05, 0) is 24.3 Å². The van der Waals surface area contributed by atoms with Gasteiger partial charge in [-0.15, -0.1) is 3.89 Å². The van der Waals surface area contributed by atoms with Gasteiger partial charge in [0.25, 0.3) is 9.05 Å². The fourth-order valence-corrected chi connectivity index (χ4v) is 4.36. The summed E-state index contributed by atoms with van der Waals surface area (Å²) in [6.07, 6.45) is -21.2. The normalized spacial score (nSPS) is 13.6. The minimum Gasteiger partial charge on any atom is -0.427 e. The van der Waals surface area contributed by atoms with Crippen molar-refractivity contribution in [3.05, 3.63) is 36.4 Å². The Morgan fingerprint density at radius 2 is 0.782 bits per heavy atom. The number of halogens is 22. The molecule has 0 bridgehead atoms. The molecule has 0 saturated carbocycles. The molecule has 0 fully saturated rings. The Balaban J connectivity index is 0.000000989. The molecule has 0 aliphatic carbocycles. The molecular weight excluding hydrogens is 1150 g/mol. The van der Waals surface area contributed by atoms with E-state index in [4.69, 9.17) is 15.9 Å². The zero-order chi connectivity index (χ0) is 44.2. The van der Waals surface area contributed by atoms with Crippen LogP contribution in [0.5, 0.6) is 23.0 Å². The van der Waals surface area contributed by atoms with Gasteiger partial charge < -0.3 is 18.9 Å². The first-order valence-electron chi connectivity index (χ1n) is 12.0. The Morgan fingerprint density at radius 3 is 1.02 bits per heavy atom. The van der Waals surface area contributed by atoms with Gasteiger partial charge >= 0.3 is 54.0 Å². The smallest absolute Gasteiger partial charge is 0.427 e. The van der Waals surface area contributed by atoms with E-state index in [1.807, 2.05) is 0 Å². The molecule has 0 aliphatic heterocycles. The van der Waals surface area contributed by atoms with Gasteiger partial charge in [0.05, 0.1) is 6.07 Å². The first-order chi connectivity index (χ1) is 24.0. The van der Waals surface area contributed by atoms with Gasteiger partial charge in [0.1, 0.15) is 32.8 Å². The lowest BCUT2D eigenvalue weighted by Gasteiger charge is -2.24. The number of rotatable bonds is 14. The van der Waals surface area contributed by atoms with Crippen LogP contribution in [0.2, 0.25) is 0 Å². The molecule has 9 nitrogen and oxygen atoms in total. The monoisotopic (exact) mass is 1150 g/mol. The Kier molecular flexibility index (Phi) is 17.3. The van der Waals surface area contributed by atoms with Crippen LogP contribution in [0.4, 0.5) is 74.1 Å². The molecule has 2 rings (SSSR count). The summed E-state index contributed by atoms with van der Waals surface area (Å²) in [5, 5.41) is 7.32. The highest BCUT2D eigenvalue weighted by Gasteiger charge is 2.61. The molecule has 0 aliphatic rings. The molecule has 2 aromatic rings. The van der Waals surface area contributed by atoms with Gasteiger partial charge in [-0.25, -0.2) is 8.42 Å². The van der Waals surface area contributed by atoms with Crippen LogP contribution in [0, 0.1) is 11.3 Å². The van der Waals surface area contributed by atoms with Gasteiger partial charge in [0.2, 0.25) is 0 Å². The summed E-state index contributed by atoms with van der Waals surface area (Å²) in [7, 11) is -6.16. The lowest BCUT2D eigenvalue weighted by Crippen LogP contribution is -2.41. The fourth-order valence-electron chi connectivity index (χ4n) is 2.46. The van der Waals surface area contributed by atoms with E-state index in [0.29, 0.717) is 0 Å². The SMILES string of the molecule is CC#N.O=S(=O)(Cl)c1cc(OC(F)(F)C(F)(F)Br)ccc1OC(F)(F)C(F)(F)Br.O=S(=O)(F)c1cc(OC(F)(F)C(F)(F)Br)ccc1OC(F)(F)C(F)(F)Br. The summed E-state index contributed by atoms with van der Waals surface area (Å²) in [5.41, 5.74) is 0. The summed E-state index contributed by atoms with van der Waals surface area (Å²) < 4.78 is 278. The number of hydrogen-bond acceptors (Lipinski definition) is 9. The predicted molar refractivity (Wildman–Crippen MR) is 163 cm³/mol. The van der Waals surface area contributed by atoms with Crippen LogP contribution in [0.25, 0.3) is 0 Å². The zero-order valence-corrected chi connectivity index (χ0v) is 33.5. The van der Waals surface area contributed by atoms with E-state index in [1.165, 1.54) is 70.6 Å². The predicted octanol–water partition coefficient (Wildman–Crippen LogP) is 11.3. The average Bonchev–Trinajstić information content (AvgIpc) is 2.91. The molecule has 0 N–H and O–H groups in total. The number of alkyl halides is 20. The minimum atomic E-state index is -6.01. The van der Waals surface area contributed by atoms with Crippen molar-refractivity contribution in [2.75, 3.05) is 0 Å². The maximum absolute atomic E-state index is 13.2. The third-order valence-electron chi connectivity index (χ3n) is 4.64. The molecule has 0 saturated heterocycles. The van der Waals surface area contributed by atoms with Gasteiger partial charge in [-0.1, -0.05) is 0 Å². The van der Waals surface area contributed by atoms with Crippen molar-refractivity contribution in [2.24, 2.45) is 0 Å². The lowest BCUT2D eigenvalue weighted by molar-refractivity contribution is -0.268. The van der Waals surface area contributed by atoms with Crippen molar-refractivity contribution in [2.45, 2.75) is 60.5 Å². The lowest BCUT2D eigenvalue weighted by atomic mass is 10.3. The van der Waals surface area contributed by atoms with Crippen LogP contribution < -0.4 is 18.9 Å². The molecule has 0 amide bonds. The molecular formula is C22H9Br4ClF17NO8S2. The maximum Gasteiger partial charge on any atom is 0.475 e. The number of ether oxygens (including phenoxy) is 4. The summed E-state index contributed by atoms with van der Waals surface area (Å²) in [6.45, 7) is 1.43. The number of nitriles is 1. The second-order valence-corrected chi connectivity index (χ2v) is 16.6. The highest BCUT2D eigenvalue weighted by atomic mass is 79.9. The van der Waals surface area contributed by atoms with Crippen molar-refractivity contribution >= 4 is 93.7 Å². The molecule has 33 heteroatoms. The summed E-state index contributed by atoms with van der Waals surface area (Å²) in [6, 6.07) is 2.19. The molecule has 0 atom stereocenters. The van der Waals surface area contributed by atoms with Crippen LogP contribution in [-0.4, -0.2) is 60.6 Å². The Labute approximate surface area is 333 Å². The molecule has 0 spiro atoms. The quantitative estimate of drug-likeness (QED) is 0.103. The van der Waals surface area contributed by atoms with Crippen molar-refractivity contribution in [1.82, 2.24) is 0 Å². The standard InChI is InChI=1S/C10H3Br2ClF8O4S.C10H3Br2F9O4S.C2H3N/c11-7(14,15)9(18,19)24-4-1-2-5(6(3-4)26(13,22)23)25-10(20,21)8(12,16)17;11-7(13,14)9(17,18)24-4-1-2-5(6(3-4)26(21,22)23)25-10(19,20)8(12,15)16;1-2-3/h2*1-3H;1H3. The highest BCUT2D eigenvalue weighted by molar-refractivity contribution is 9.10. The van der Waals surface area contributed by atoms with Crippen molar-refractivity contribution in [1.29, 1.82) is 5.26 Å². The van der Waals surface area contributed by atoms with Crippen LogP contribution in [0.15, 0.2) is 46.2 Å². The molecule has 0 heterocycles. The van der Waals surface area contributed by atoms with Gasteiger partial charge in [-0.2, -0.15) is 83.9 Å². The fraction of sp³-hybridized carbons (Fsp3) is 0.409. The highest BCUT2D eigenvalue weighted by Crippen LogP contribution is 2.47. The van der Waals surface area contributed by atoms with Gasteiger partial charge in [-0.3, -0.25) is 0 Å². The topological polar surface area (TPSA) is 129 Å². The van der Waals surface area contributed by atoms with E-state index in [-0.39, 0.29) is 36.4 Å². The molecule has 316 valence electrons. The molecule has 2 aromatic carbocycles. The molecule has 55 heavy (non-hydrogen) atoms. The summed E-state index contributed by atoms with van der Waals surface area (Å²) >= 11 is 5.16. The van der Waals surface area contributed by atoms with E-state index in [0.717, 1.165) is 0 Å². The Morgan fingerprint density at radius 1 is 0.545 bits per heavy atom. The molecule has 0 unspecified atom stereocenters. The second-order valence-electron chi connectivity index (χ2n) is 8.78. The van der Waals surface area contributed by atoms with Crippen molar-refractivity contribution in [3.63, 3.8) is 0 Å². The third kappa shape index (κ3) is 15.4. The first kappa shape index (κ1) is 53.0. The van der Waals surface area contributed by atoms with Crippen molar-refractivity contribution in [3.8, 4) is 29.1 Å². The van der Waals surface area contributed by atoms with E-state index >= 15 is 0 Å². The van der Waals surface area contributed by atoms with Crippen LogP contribution in [0.3, 0.4) is 0 Å². The van der Waals surface area contributed by atoms with E-state index in [2.05, 4.69) is 18.9 Å². The Bertz CT molecular complexity index is 1790. The average molecular weight is 1160 g/mol. The van der Waals surface area contributed by atoms with Crippen molar-refractivity contribution < 1.29 is 110 Å². The van der Waals surface area contributed by atoms with E-state index in [1.54, 1.807) is 6.07 Å². The number of benzene rings is 2. The van der Waals surface area contributed by atoms with Gasteiger partial charge in [0, 0.05) is 93.5 Å². The molecule has 0 radical (unpaired) electrons. The van der Waals surface area contributed by atoms with E-state index < -0.39 is 95.8 Å². The molecule has 0 aromatic heterocycles. The first-order valence-corrected chi connectivity index (χ1v) is 18.9. The van der Waals surface area contributed by atoms with Crippen LogP contribution in [0.1, 0.15) is 6.92 Å². The van der Waals surface area contributed by atoms with Gasteiger partial charge in [0.15, 0.2) is 0 Å². The summed E-state index contributed by atoms with van der Waals surface area (Å²) in [5.74, 6) is -5.90. The number of hydrogen-bond donors (Lipinski definition) is 0. The third-order valence-corrected chi connectivity index (χ3v) is 8.68.